The lowest BCUT2D eigenvalue weighted by Gasteiger charge is -2.12. The van der Waals surface area contributed by atoms with Crippen LogP contribution in [0.3, 0.4) is 0 Å². The van der Waals surface area contributed by atoms with E-state index in [-0.39, 0.29) is 11.5 Å². The van der Waals surface area contributed by atoms with Gasteiger partial charge in [0.2, 0.25) is 0 Å². The number of rotatable bonds is 7. The van der Waals surface area contributed by atoms with Crippen LogP contribution < -0.4 is 4.74 Å². The van der Waals surface area contributed by atoms with E-state index in [2.05, 4.69) is 18.8 Å². The zero-order valence-electron chi connectivity index (χ0n) is 17.2. The number of aromatic carboxylic acids is 1. The van der Waals surface area contributed by atoms with Gasteiger partial charge in [0.1, 0.15) is 5.75 Å². The number of amidine groups is 1. The fraction of sp³-hybridized carbons (Fsp3) is 0.261. The van der Waals surface area contributed by atoms with Crippen LogP contribution in [0.15, 0.2) is 58.4 Å². The molecule has 3 rings (SSSR count). The van der Waals surface area contributed by atoms with Crippen LogP contribution in [0, 0.1) is 5.92 Å². The second-order valence-corrected chi connectivity index (χ2v) is 8.19. The van der Waals surface area contributed by atoms with Crippen LogP contribution in [0.25, 0.3) is 6.08 Å². The number of hydrogen-bond donors (Lipinski definition) is 1. The third kappa shape index (κ3) is 5.30. The lowest BCUT2D eigenvalue weighted by atomic mass is 10.2. The molecule has 1 amide bonds. The first-order chi connectivity index (χ1) is 14.4. The van der Waals surface area contributed by atoms with Crippen LogP contribution in [0.2, 0.25) is 0 Å². The molecule has 1 heterocycles. The van der Waals surface area contributed by atoms with Gasteiger partial charge in [-0.25, -0.2) is 9.79 Å². The molecule has 2 aromatic carbocycles. The summed E-state index contributed by atoms with van der Waals surface area (Å²) in [5.74, 6) is 0.116. The number of benzene rings is 2. The molecule has 0 atom stereocenters. The summed E-state index contributed by atoms with van der Waals surface area (Å²) in [4.78, 5) is 30.6. The molecule has 0 aliphatic carbocycles. The summed E-state index contributed by atoms with van der Waals surface area (Å²) in [6, 6.07) is 13.9. The Hall–Kier alpha value is -3.06. The molecule has 0 aromatic heterocycles. The van der Waals surface area contributed by atoms with E-state index in [1.54, 1.807) is 17.0 Å². The predicted octanol–water partition coefficient (Wildman–Crippen LogP) is 5.04. The monoisotopic (exact) mass is 424 g/mol. The van der Waals surface area contributed by atoms with E-state index in [0.717, 1.165) is 11.3 Å². The Kier molecular flexibility index (Phi) is 6.95. The molecule has 7 heteroatoms. The van der Waals surface area contributed by atoms with E-state index in [9.17, 15) is 9.59 Å². The molecule has 156 valence electrons. The molecule has 1 aliphatic heterocycles. The van der Waals surface area contributed by atoms with Crippen molar-refractivity contribution in [3.05, 3.63) is 64.6 Å². The molecule has 0 spiro atoms. The molecule has 0 bridgehead atoms. The van der Waals surface area contributed by atoms with Gasteiger partial charge in [-0.15, -0.1) is 0 Å². The zero-order chi connectivity index (χ0) is 21.7. The Morgan fingerprint density at radius 3 is 2.60 bits per heavy atom. The minimum absolute atomic E-state index is 0.100. The van der Waals surface area contributed by atoms with Crippen molar-refractivity contribution in [2.24, 2.45) is 10.9 Å². The topological polar surface area (TPSA) is 79.2 Å². The summed E-state index contributed by atoms with van der Waals surface area (Å²) < 4.78 is 5.77. The van der Waals surface area contributed by atoms with Gasteiger partial charge in [0.25, 0.3) is 5.91 Å². The Morgan fingerprint density at radius 2 is 1.97 bits per heavy atom. The molecule has 1 aliphatic rings. The standard InChI is InChI=1S/C23H24N2O4S/c1-4-25-21(26)20(13-16-6-5-7-19(12-16)29-14-15(2)3)30-23(25)24-18-10-8-17(9-11-18)22(27)28/h5-13,15H,4,14H2,1-3H3,(H,27,28)/b20-13+,24-23?. The van der Waals surface area contributed by atoms with Crippen molar-refractivity contribution in [2.75, 3.05) is 13.2 Å². The number of amides is 1. The minimum atomic E-state index is -0.986. The summed E-state index contributed by atoms with van der Waals surface area (Å²) in [7, 11) is 0. The third-order valence-electron chi connectivity index (χ3n) is 4.28. The van der Waals surface area contributed by atoms with Gasteiger partial charge in [0.05, 0.1) is 22.8 Å². The summed E-state index contributed by atoms with van der Waals surface area (Å²) >= 11 is 1.31. The summed E-state index contributed by atoms with van der Waals surface area (Å²) in [6.07, 6.45) is 1.84. The summed E-state index contributed by atoms with van der Waals surface area (Å²) in [6.45, 7) is 7.20. The molecule has 0 unspecified atom stereocenters. The Bertz CT molecular complexity index is 997. The van der Waals surface area contributed by atoms with Crippen LogP contribution in [0.4, 0.5) is 5.69 Å². The first-order valence-corrected chi connectivity index (χ1v) is 10.6. The fourth-order valence-corrected chi connectivity index (χ4v) is 3.83. The van der Waals surface area contributed by atoms with E-state index in [4.69, 9.17) is 9.84 Å². The minimum Gasteiger partial charge on any atom is -0.493 e. The zero-order valence-corrected chi connectivity index (χ0v) is 18.0. The Morgan fingerprint density at radius 1 is 1.23 bits per heavy atom. The van der Waals surface area contributed by atoms with Gasteiger partial charge in [-0.1, -0.05) is 26.0 Å². The van der Waals surface area contributed by atoms with Gasteiger partial charge in [0, 0.05) is 6.54 Å². The number of carbonyl (C=O) groups is 2. The third-order valence-corrected chi connectivity index (χ3v) is 5.29. The number of carbonyl (C=O) groups excluding carboxylic acids is 1. The van der Waals surface area contributed by atoms with Gasteiger partial charge < -0.3 is 9.84 Å². The van der Waals surface area contributed by atoms with Crippen LogP contribution in [0.1, 0.15) is 36.7 Å². The van der Waals surface area contributed by atoms with Crippen LogP contribution in [-0.4, -0.2) is 40.2 Å². The molecule has 0 radical (unpaired) electrons. The molecule has 1 saturated heterocycles. The maximum atomic E-state index is 12.8. The fourth-order valence-electron chi connectivity index (χ4n) is 2.77. The molecular formula is C23H24N2O4S. The highest BCUT2D eigenvalue weighted by Crippen LogP contribution is 2.34. The van der Waals surface area contributed by atoms with Crippen molar-refractivity contribution in [3.8, 4) is 5.75 Å². The van der Waals surface area contributed by atoms with Crippen molar-refractivity contribution in [3.63, 3.8) is 0 Å². The van der Waals surface area contributed by atoms with E-state index < -0.39 is 5.97 Å². The lowest BCUT2D eigenvalue weighted by molar-refractivity contribution is -0.122. The maximum absolute atomic E-state index is 12.8. The van der Waals surface area contributed by atoms with Gasteiger partial charge >= 0.3 is 5.97 Å². The van der Waals surface area contributed by atoms with Crippen molar-refractivity contribution < 1.29 is 19.4 Å². The first-order valence-electron chi connectivity index (χ1n) is 9.73. The molecule has 6 nitrogen and oxygen atoms in total. The van der Waals surface area contributed by atoms with Crippen molar-refractivity contribution in [1.29, 1.82) is 0 Å². The van der Waals surface area contributed by atoms with Crippen molar-refractivity contribution >= 4 is 40.6 Å². The summed E-state index contributed by atoms with van der Waals surface area (Å²) in [5.41, 5.74) is 1.68. The predicted molar refractivity (Wildman–Crippen MR) is 120 cm³/mol. The molecule has 30 heavy (non-hydrogen) atoms. The Balaban J connectivity index is 1.83. The molecule has 2 aromatic rings. The number of carboxylic acid groups (broad SMARTS) is 1. The second-order valence-electron chi connectivity index (χ2n) is 7.18. The largest absolute Gasteiger partial charge is 0.493 e. The van der Waals surface area contributed by atoms with E-state index in [0.29, 0.717) is 34.8 Å². The van der Waals surface area contributed by atoms with E-state index >= 15 is 0 Å². The smallest absolute Gasteiger partial charge is 0.335 e. The lowest BCUT2D eigenvalue weighted by Crippen LogP contribution is -2.28. The van der Waals surface area contributed by atoms with Gasteiger partial charge in [-0.2, -0.15) is 0 Å². The normalized spacial score (nSPS) is 16.7. The molecule has 1 N–H and O–H groups in total. The van der Waals surface area contributed by atoms with E-state index in [1.165, 1.54) is 23.9 Å². The molecular weight excluding hydrogens is 400 g/mol. The number of nitrogens with zero attached hydrogens (tertiary/aromatic N) is 2. The number of hydrogen-bond acceptors (Lipinski definition) is 5. The highest BCUT2D eigenvalue weighted by atomic mass is 32.2. The number of thioether (sulfide) groups is 1. The first kappa shape index (κ1) is 21.6. The van der Waals surface area contributed by atoms with Gasteiger partial charge in [-0.3, -0.25) is 9.69 Å². The van der Waals surface area contributed by atoms with Crippen molar-refractivity contribution in [2.45, 2.75) is 20.8 Å². The number of likely N-dealkylation sites (N-methyl/N-ethyl adjacent to an activating group) is 1. The van der Waals surface area contributed by atoms with Crippen LogP contribution in [-0.2, 0) is 4.79 Å². The highest BCUT2D eigenvalue weighted by molar-refractivity contribution is 8.18. The Labute approximate surface area is 180 Å². The van der Waals surface area contributed by atoms with Crippen LogP contribution in [0.5, 0.6) is 5.75 Å². The maximum Gasteiger partial charge on any atom is 0.335 e. The SMILES string of the molecule is CCN1C(=O)/C(=C\c2cccc(OCC(C)C)c2)SC1=Nc1ccc(C(=O)O)cc1. The van der Waals surface area contributed by atoms with Crippen LogP contribution >= 0.6 is 11.8 Å². The number of ether oxygens (including phenoxy) is 1. The summed E-state index contributed by atoms with van der Waals surface area (Å²) in [5, 5.41) is 9.59. The molecule has 1 fully saturated rings. The average Bonchev–Trinajstić information content (AvgIpc) is 3.01. The van der Waals surface area contributed by atoms with E-state index in [1.807, 2.05) is 37.3 Å². The molecule has 0 saturated carbocycles. The van der Waals surface area contributed by atoms with Crippen molar-refractivity contribution in [1.82, 2.24) is 4.90 Å². The number of carboxylic acids is 1. The van der Waals surface area contributed by atoms with Gasteiger partial charge in [-0.05, 0) is 72.6 Å². The second kappa shape index (κ2) is 9.63. The number of aliphatic imine (C=N–C) groups is 1. The average molecular weight is 425 g/mol. The van der Waals surface area contributed by atoms with Gasteiger partial charge in [0.15, 0.2) is 5.17 Å². The quantitative estimate of drug-likeness (QED) is 0.630. The highest BCUT2D eigenvalue weighted by Gasteiger charge is 2.32.